The average molecular weight is 236 g/mol. The Morgan fingerprint density at radius 1 is 1.11 bits per heavy atom. The number of rotatable bonds is 2. The zero-order chi connectivity index (χ0) is 12.5. The van der Waals surface area contributed by atoms with E-state index in [1.54, 1.807) is 0 Å². The third-order valence-corrected chi connectivity index (χ3v) is 3.32. The first-order valence-corrected chi connectivity index (χ1v) is 6.19. The van der Waals surface area contributed by atoms with Gasteiger partial charge < -0.3 is 4.57 Å². The molecule has 3 rings (SSSR count). The van der Waals surface area contributed by atoms with E-state index in [-0.39, 0.29) is 0 Å². The molecule has 18 heavy (non-hydrogen) atoms. The van der Waals surface area contributed by atoms with Crippen molar-refractivity contribution in [3.05, 3.63) is 65.6 Å². The van der Waals surface area contributed by atoms with E-state index in [4.69, 9.17) is 0 Å². The Balaban J connectivity index is 2.03. The minimum atomic E-state index is 0.877. The van der Waals surface area contributed by atoms with Gasteiger partial charge in [0.1, 0.15) is 0 Å². The number of hydrogen-bond acceptors (Lipinski definition) is 1. The Labute approximate surface area is 107 Å². The van der Waals surface area contributed by atoms with E-state index in [2.05, 4.69) is 59.9 Å². The molecule has 0 saturated heterocycles. The van der Waals surface area contributed by atoms with Crippen molar-refractivity contribution in [3.8, 4) is 0 Å². The van der Waals surface area contributed by atoms with Crippen LogP contribution in [-0.2, 0) is 6.54 Å². The summed E-state index contributed by atoms with van der Waals surface area (Å²) < 4.78 is 2.28. The van der Waals surface area contributed by atoms with E-state index in [0.717, 1.165) is 6.54 Å². The van der Waals surface area contributed by atoms with Gasteiger partial charge in [0.2, 0.25) is 0 Å². The fourth-order valence-corrected chi connectivity index (χ4v) is 2.42. The summed E-state index contributed by atoms with van der Waals surface area (Å²) >= 11 is 0. The Hall–Kier alpha value is -2.09. The standard InChI is InChI=1S/C16H16N2/c1-12-8-14(10-17-9-12)11-18-7-6-15-13(2)4-3-5-16(15)18/h3-10H,11H2,1-2H3. The molecule has 2 heteroatoms. The van der Waals surface area contributed by atoms with Gasteiger partial charge in [0, 0.05) is 36.0 Å². The predicted molar refractivity (Wildman–Crippen MR) is 74.8 cm³/mol. The molecule has 0 aliphatic heterocycles. The lowest BCUT2D eigenvalue weighted by Gasteiger charge is -2.06. The molecule has 90 valence electrons. The van der Waals surface area contributed by atoms with Crippen molar-refractivity contribution in [2.24, 2.45) is 0 Å². The molecular formula is C16H16N2. The van der Waals surface area contributed by atoms with Crippen LogP contribution in [0.3, 0.4) is 0 Å². The highest BCUT2D eigenvalue weighted by Crippen LogP contribution is 2.20. The molecule has 2 nitrogen and oxygen atoms in total. The van der Waals surface area contributed by atoms with Gasteiger partial charge in [-0.05, 0) is 42.7 Å². The first-order valence-electron chi connectivity index (χ1n) is 6.19. The van der Waals surface area contributed by atoms with Crippen LogP contribution in [0.25, 0.3) is 10.9 Å². The molecule has 0 N–H and O–H groups in total. The normalized spacial score (nSPS) is 11.0. The van der Waals surface area contributed by atoms with Gasteiger partial charge in [-0.15, -0.1) is 0 Å². The van der Waals surface area contributed by atoms with Gasteiger partial charge in [0.05, 0.1) is 0 Å². The van der Waals surface area contributed by atoms with E-state index < -0.39 is 0 Å². The lowest BCUT2D eigenvalue weighted by molar-refractivity contribution is 0.830. The number of hydrogen-bond donors (Lipinski definition) is 0. The molecule has 0 spiro atoms. The molecule has 0 aliphatic carbocycles. The smallest absolute Gasteiger partial charge is 0.0491 e. The first kappa shape index (κ1) is 11.0. The molecule has 0 radical (unpaired) electrons. The maximum atomic E-state index is 4.25. The minimum Gasteiger partial charge on any atom is -0.343 e. The molecular weight excluding hydrogens is 220 g/mol. The van der Waals surface area contributed by atoms with E-state index in [0.29, 0.717) is 0 Å². The zero-order valence-electron chi connectivity index (χ0n) is 10.7. The van der Waals surface area contributed by atoms with E-state index in [9.17, 15) is 0 Å². The Kier molecular flexibility index (Phi) is 2.63. The second-order valence-electron chi connectivity index (χ2n) is 4.82. The third-order valence-electron chi connectivity index (χ3n) is 3.32. The monoisotopic (exact) mass is 236 g/mol. The Morgan fingerprint density at radius 2 is 2.00 bits per heavy atom. The Morgan fingerprint density at radius 3 is 2.83 bits per heavy atom. The number of fused-ring (bicyclic) bond motifs is 1. The summed E-state index contributed by atoms with van der Waals surface area (Å²) in [5.41, 5.74) is 5.07. The second-order valence-corrected chi connectivity index (χ2v) is 4.82. The first-order chi connectivity index (χ1) is 8.74. The van der Waals surface area contributed by atoms with Crippen LogP contribution in [0.15, 0.2) is 48.9 Å². The summed E-state index contributed by atoms with van der Waals surface area (Å²) in [6.07, 6.45) is 5.98. The van der Waals surface area contributed by atoms with Crippen LogP contribution in [0.2, 0.25) is 0 Å². The van der Waals surface area contributed by atoms with Gasteiger partial charge in [-0.2, -0.15) is 0 Å². The number of aryl methyl sites for hydroxylation is 2. The molecule has 0 bridgehead atoms. The second kappa shape index (κ2) is 4.30. The quantitative estimate of drug-likeness (QED) is 0.663. The fraction of sp³-hybridized carbons (Fsp3) is 0.188. The number of pyridine rings is 1. The molecule has 2 aromatic heterocycles. The number of nitrogens with zero attached hydrogens (tertiary/aromatic N) is 2. The summed E-state index contributed by atoms with van der Waals surface area (Å²) in [6.45, 7) is 5.11. The highest BCUT2D eigenvalue weighted by atomic mass is 15.0. The van der Waals surface area contributed by atoms with Crippen molar-refractivity contribution in [3.63, 3.8) is 0 Å². The van der Waals surface area contributed by atoms with Crippen molar-refractivity contribution in [2.75, 3.05) is 0 Å². The van der Waals surface area contributed by atoms with Crippen LogP contribution in [0.5, 0.6) is 0 Å². The predicted octanol–water partition coefficient (Wildman–Crippen LogP) is 3.70. The van der Waals surface area contributed by atoms with Gasteiger partial charge in [-0.1, -0.05) is 18.2 Å². The van der Waals surface area contributed by atoms with Crippen LogP contribution in [0.4, 0.5) is 0 Å². The summed E-state index contributed by atoms with van der Waals surface area (Å²) in [7, 11) is 0. The average Bonchev–Trinajstić information content (AvgIpc) is 2.74. The molecule has 1 aromatic carbocycles. The van der Waals surface area contributed by atoms with Crippen molar-refractivity contribution in [1.82, 2.24) is 9.55 Å². The van der Waals surface area contributed by atoms with Gasteiger partial charge in [-0.25, -0.2) is 0 Å². The van der Waals surface area contributed by atoms with E-state index >= 15 is 0 Å². The summed E-state index contributed by atoms with van der Waals surface area (Å²) in [5.74, 6) is 0. The van der Waals surface area contributed by atoms with Crippen LogP contribution in [0, 0.1) is 13.8 Å². The van der Waals surface area contributed by atoms with Gasteiger partial charge in [0.15, 0.2) is 0 Å². The largest absolute Gasteiger partial charge is 0.343 e. The maximum absolute atomic E-state index is 4.25. The van der Waals surface area contributed by atoms with Crippen molar-refractivity contribution in [2.45, 2.75) is 20.4 Å². The van der Waals surface area contributed by atoms with E-state index in [1.165, 1.54) is 27.6 Å². The summed E-state index contributed by atoms with van der Waals surface area (Å²) in [5, 5.41) is 1.33. The molecule has 0 saturated carbocycles. The SMILES string of the molecule is Cc1cncc(Cn2ccc3c(C)cccc32)c1. The van der Waals surface area contributed by atoms with Gasteiger partial charge in [-0.3, -0.25) is 4.98 Å². The third kappa shape index (κ3) is 1.90. The molecule has 0 fully saturated rings. The topological polar surface area (TPSA) is 17.8 Å². The molecule has 0 amide bonds. The molecule has 0 unspecified atom stereocenters. The molecule has 2 heterocycles. The Bertz CT molecular complexity index is 695. The lowest BCUT2D eigenvalue weighted by Crippen LogP contribution is -1.98. The van der Waals surface area contributed by atoms with Crippen molar-refractivity contribution in [1.29, 1.82) is 0 Å². The fourth-order valence-electron chi connectivity index (χ4n) is 2.42. The lowest BCUT2D eigenvalue weighted by atomic mass is 10.1. The molecule has 0 aliphatic rings. The maximum Gasteiger partial charge on any atom is 0.0491 e. The van der Waals surface area contributed by atoms with Crippen LogP contribution < -0.4 is 0 Å². The van der Waals surface area contributed by atoms with Crippen molar-refractivity contribution < 1.29 is 0 Å². The van der Waals surface area contributed by atoms with Crippen molar-refractivity contribution >= 4 is 10.9 Å². The van der Waals surface area contributed by atoms with Gasteiger partial charge in [0.25, 0.3) is 0 Å². The number of aromatic nitrogens is 2. The molecule has 0 atom stereocenters. The summed E-state index contributed by atoms with van der Waals surface area (Å²) in [4.78, 5) is 4.25. The zero-order valence-corrected chi connectivity index (χ0v) is 10.7. The van der Waals surface area contributed by atoms with E-state index in [1.807, 2.05) is 12.4 Å². The highest BCUT2D eigenvalue weighted by Gasteiger charge is 2.03. The van der Waals surface area contributed by atoms with Crippen LogP contribution in [-0.4, -0.2) is 9.55 Å². The minimum absolute atomic E-state index is 0.877. The van der Waals surface area contributed by atoms with Crippen LogP contribution >= 0.6 is 0 Å². The number of benzene rings is 1. The highest BCUT2D eigenvalue weighted by molar-refractivity contribution is 5.83. The van der Waals surface area contributed by atoms with Gasteiger partial charge >= 0.3 is 0 Å². The molecule has 3 aromatic rings. The summed E-state index contributed by atoms with van der Waals surface area (Å²) in [6, 6.07) is 10.8. The van der Waals surface area contributed by atoms with Crippen LogP contribution in [0.1, 0.15) is 16.7 Å².